The zero-order valence-corrected chi connectivity index (χ0v) is 11.1. The first-order chi connectivity index (χ1) is 8.43. The highest BCUT2D eigenvalue weighted by atomic mass is 19.1. The van der Waals surface area contributed by atoms with Gasteiger partial charge in [0.15, 0.2) is 0 Å². The summed E-state index contributed by atoms with van der Waals surface area (Å²) >= 11 is 0. The number of halogens is 2. The Morgan fingerprint density at radius 1 is 0.611 bits per heavy atom. The molecule has 2 aromatic carbocycles. The number of benzene rings is 2. The molecule has 0 heterocycles. The van der Waals surface area contributed by atoms with Crippen LogP contribution in [0.15, 0.2) is 24.3 Å². The number of rotatable bonds is 1. The van der Waals surface area contributed by atoms with Gasteiger partial charge in [-0.05, 0) is 49.9 Å². The van der Waals surface area contributed by atoms with Gasteiger partial charge < -0.3 is 0 Å². The fourth-order valence-corrected chi connectivity index (χ4v) is 1.98. The van der Waals surface area contributed by atoms with Gasteiger partial charge in [-0.25, -0.2) is 8.78 Å². The lowest BCUT2D eigenvalue weighted by molar-refractivity contribution is 0.605. The minimum Gasteiger partial charge on any atom is -0.206 e. The molecule has 0 unspecified atom stereocenters. The lowest BCUT2D eigenvalue weighted by atomic mass is 9.96. The molecule has 0 atom stereocenters. The van der Waals surface area contributed by atoms with E-state index in [4.69, 9.17) is 0 Å². The molecule has 0 radical (unpaired) electrons. The molecule has 2 heteroatoms. The summed E-state index contributed by atoms with van der Waals surface area (Å²) < 4.78 is 28.4. The Morgan fingerprint density at radius 2 is 0.944 bits per heavy atom. The quantitative estimate of drug-likeness (QED) is 0.673. The SMILES string of the molecule is Cc1ccc(-c2ccc(C)c(C)c2F)c(F)c1C. The van der Waals surface area contributed by atoms with Crippen molar-refractivity contribution < 1.29 is 8.78 Å². The molecular formula is C16H16F2. The van der Waals surface area contributed by atoms with Crippen LogP contribution in [0.1, 0.15) is 22.3 Å². The molecule has 0 bridgehead atoms. The summed E-state index contributed by atoms with van der Waals surface area (Å²) in [5.74, 6) is -0.672. The van der Waals surface area contributed by atoms with Crippen molar-refractivity contribution in [2.24, 2.45) is 0 Å². The minimum atomic E-state index is -0.336. The molecular weight excluding hydrogens is 230 g/mol. The van der Waals surface area contributed by atoms with Crippen LogP contribution in [0.25, 0.3) is 11.1 Å². The van der Waals surface area contributed by atoms with E-state index in [-0.39, 0.29) is 11.6 Å². The smallest absolute Gasteiger partial charge is 0.134 e. The predicted molar refractivity (Wildman–Crippen MR) is 70.7 cm³/mol. The monoisotopic (exact) mass is 246 g/mol. The van der Waals surface area contributed by atoms with Crippen molar-refractivity contribution in [3.05, 3.63) is 58.2 Å². The predicted octanol–water partition coefficient (Wildman–Crippen LogP) is 4.87. The third kappa shape index (κ3) is 1.92. The summed E-state index contributed by atoms with van der Waals surface area (Å²) in [6.07, 6.45) is 0. The Bertz CT molecular complexity index is 557. The van der Waals surface area contributed by atoms with Crippen molar-refractivity contribution in [2.75, 3.05) is 0 Å². The first-order valence-corrected chi connectivity index (χ1v) is 5.95. The second kappa shape index (κ2) is 4.52. The van der Waals surface area contributed by atoms with Crippen LogP contribution in [0.2, 0.25) is 0 Å². The summed E-state index contributed by atoms with van der Waals surface area (Å²) in [7, 11) is 0. The molecule has 0 spiro atoms. The second-order valence-electron chi connectivity index (χ2n) is 4.74. The van der Waals surface area contributed by atoms with E-state index in [1.165, 1.54) is 0 Å². The molecule has 18 heavy (non-hydrogen) atoms. The molecule has 0 amide bonds. The van der Waals surface area contributed by atoms with Gasteiger partial charge in [0, 0.05) is 11.1 Å². The van der Waals surface area contributed by atoms with Crippen LogP contribution in [0.3, 0.4) is 0 Å². The van der Waals surface area contributed by atoms with Crippen LogP contribution in [0.4, 0.5) is 8.78 Å². The molecule has 0 nitrogen and oxygen atoms in total. The molecule has 0 aliphatic rings. The number of aryl methyl sites for hydroxylation is 2. The lowest BCUT2D eigenvalue weighted by Gasteiger charge is -2.11. The van der Waals surface area contributed by atoms with Crippen molar-refractivity contribution in [1.82, 2.24) is 0 Å². The van der Waals surface area contributed by atoms with E-state index in [0.717, 1.165) is 11.1 Å². The molecule has 94 valence electrons. The lowest BCUT2D eigenvalue weighted by Crippen LogP contribution is -1.96. The van der Waals surface area contributed by atoms with Crippen molar-refractivity contribution in [2.45, 2.75) is 27.7 Å². The van der Waals surface area contributed by atoms with Crippen LogP contribution in [-0.4, -0.2) is 0 Å². The molecule has 0 aliphatic carbocycles. The molecule has 2 rings (SSSR count). The molecule has 0 aromatic heterocycles. The Balaban J connectivity index is 2.71. The van der Waals surface area contributed by atoms with E-state index in [9.17, 15) is 8.78 Å². The van der Waals surface area contributed by atoms with Crippen molar-refractivity contribution in [3.8, 4) is 11.1 Å². The number of hydrogen-bond donors (Lipinski definition) is 0. The van der Waals surface area contributed by atoms with E-state index in [0.29, 0.717) is 22.3 Å². The van der Waals surface area contributed by atoms with Gasteiger partial charge in [-0.15, -0.1) is 0 Å². The van der Waals surface area contributed by atoms with Crippen LogP contribution in [-0.2, 0) is 0 Å². The average Bonchev–Trinajstić information content (AvgIpc) is 2.35. The average molecular weight is 246 g/mol. The van der Waals surface area contributed by atoms with E-state index >= 15 is 0 Å². The topological polar surface area (TPSA) is 0 Å². The van der Waals surface area contributed by atoms with Crippen LogP contribution >= 0.6 is 0 Å². The van der Waals surface area contributed by atoms with Gasteiger partial charge in [0.25, 0.3) is 0 Å². The van der Waals surface area contributed by atoms with Crippen LogP contribution in [0, 0.1) is 39.3 Å². The van der Waals surface area contributed by atoms with Crippen molar-refractivity contribution in [3.63, 3.8) is 0 Å². The fourth-order valence-electron chi connectivity index (χ4n) is 1.98. The zero-order valence-electron chi connectivity index (χ0n) is 11.1. The van der Waals surface area contributed by atoms with Crippen LogP contribution in [0.5, 0.6) is 0 Å². The normalized spacial score (nSPS) is 10.8. The van der Waals surface area contributed by atoms with Gasteiger partial charge in [-0.3, -0.25) is 0 Å². The van der Waals surface area contributed by atoms with E-state index < -0.39 is 0 Å². The maximum absolute atomic E-state index is 14.2. The van der Waals surface area contributed by atoms with Crippen molar-refractivity contribution >= 4 is 0 Å². The fraction of sp³-hybridized carbons (Fsp3) is 0.250. The van der Waals surface area contributed by atoms with Gasteiger partial charge in [-0.1, -0.05) is 24.3 Å². The Labute approximate surface area is 106 Å². The van der Waals surface area contributed by atoms with Gasteiger partial charge in [0.05, 0.1) is 0 Å². The molecule has 0 N–H and O–H groups in total. The molecule has 2 aromatic rings. The largest absolute Gasteiger partial charge is 0.206 e. The van der Waals surface area contributed by atoms with Gasteiger partial charge in [0.2, 0.25) is 0 Å². The van der Waals surface area contributed by atoms with E-state index in [2.05, 4.69) is 0 Å². The highest BCUT2D eigenvalue weighted by Gasteiger charge is 2.15. The first-order valence-electron chi connectivity index (χ1n) is 5.95. The highest BCUT2D eigenvalue weighted by molar-refractivity contribution is 5.68. The maximum Gasteiger partial charge on any atom is 0.134 e. The summed E-state index contributed by atoms with van der Waals surface area (Å²) in [6.45, 7) is 7.12. The molecule has 0 saturated heterocycles. The molecule has 0 aliphatic heterocycles. The highest BCUT2D eigenvalue weighted by Crippen LogP contribution is 2.30. The maximum atomic E-state index is 14.2. The molecule has 0 fully saturated rings. The van der Waals surface area contributed by atoms with E-state index in [1.807, 2.05) is 26.0 Å². The Kier molecular flexibility index (Phi) is 3.20. The Hall–Kier alpha value is -1.70. The van der Waals surface area contributed by atoms with Gasteiger partial charge in [0.1, 0.15) is 11.6 Å². The summed E-state index contributed by atoms with van der Waals surface area (Å²) in [5, 5.41) is 0. The van der Waals surface area contributed by atoms with Crippen LogP contribution < -0.4 is 0 Å². The third-order valence-electron chi connectivity index (χ3n) is 3.60. The summed E-state index contributed by atoms with van der Waals surface area (Å²) in [5.41, 5.74) is 3.56. The Morgan fingerprint density at radius 3 is 1.28 bits per heavy atom. The second-order valence-corrected chi connectivity index (χ2v) is 4.74. The first kappa shape index (κ1) is 12.7. The van der Waals surface area contributed by atoms with Gasteiger partial charge in [-0.2, -0.15) is 0 Å². The van der Waals surface area contributed by atoms with Gasteiger partial charge >= 0.3 is 0 Å². The standard InChI is InChI=1S/C16H16F2/c1-9-5-7-13(15(17)11(9)3)14-8-6-10(2)12(4)16(14)18/h5-8H,1-4H3. The van der Waals surface area contributed by atoms with Crippen molar-refractivity contribution in [1.29, 1.82) is 0 Å². The zero-order chi connectivity index (χ0) is 13.4. The number of hydrogen-bond acceptors (Lipinski definition) is 0. The summed E-state index contributed by atoms with van der Waals surface area (Å²) in [6, 6.07) is 6.93. The molecule has 0 saturated carbocycles. The third-order valence-corrected chi connectivity index (χ3v) is 3.60. The summed E-state index contributed by atoms with van der Waals surface area (Å²) in [4.78, 5) is 0. The van der Waals surface area contributed by atoms with E-state index in [1.54, 1.807) is 26.0 Å². The minimum absolute atomic E-state index is 0.332.